The van der Waals surface area contributed by atoms with Crippen molar-refractivity contribution in [3.05, 3.63) is 35.9 Å². The molecule has 1 unspecified atom stereocenters. The molecule has 25 heavy (non-hydrogen) atoms. The normalized spacial score (nSPS) is 14.4. The zero-order valence-electron chi connectivity index (χ0n) is 14.3. The van der Waals surface area contributed by atoms with Crippen LogP contribution in [0.4, 0.5) is 0 Å². The first-order valence-electron chi connectivity index (χ1n) is 8.57. The molecule has 0 radical (unpaired) electrons. The van der Waals surface area contributed by atoms with Crippen molar-refractivity contribution in [3.8, 4) is 0 Å². The van der Waals surface area contributed by atoms with Gasteiger partial charge in [0.05, 0.1) is 6.61 Å². The predicted octanol–water partition coefficient (Wildman–Crippen LogP) is 4.58. The van der Waals surface area contributed by atoms with Gasteiger partial charge >= 0.3 is 15.6 Å². The van der Waals surface area contributed by atoms with Gasteiger partial charge in [-0.05, 0) is 24.8 Å². The van der Waals surface area contributed by atoms with E-state index >= 15 is 0 Å². The maximum atomic E-state index is 11.2. The summed E-state index contributed by atoms with van der Waals surface area (Å²) >= 11 is 0. The molecular formula is C16H28O7P2. The monoisotopic (exact) mass is 394 g/mol. The topological polar surface area (TPSA) is 113 Å². The van der Waals surface area contributed by atoms with Crippen molar-refractivity contribution in [3.63, 3.8) is 0 Å². The van der Waals surface area contributed by atoms with Crippen molar-refractivity contribution in [2.75, 3.05) is 6.61 Å². The van der Waals surface area contributed by atoms with Crippen LogP contribution < -0.4 is 0 Å². The highest BCUT2D eigenvalue weighted by Gasteiger charge is 2.31. The smallest absolute Gasteiger partial charge is 0.302 e. The van der Waals surface area contributed by atoms with E-state index in [1.807, 2.05) is 6.07 Å². The number of aryl methyl sites for hydroxylation is 1. The van der Waals surface area contributed by atoms with Gasteiger partial charge in [-0.2, -0.15) is 4.31 Å². The van der Waals surface area contributed by atoms with Crippen LogP contribution in [0.5, 0.6) is 0 Å². The molecule has 0 aliphatic heterocycles. The Kier molecular flexibility index (Phi) is 10.8. The Labute approximate surface area is 149 Å². The number of hydrogen-bond acceptors (Lipinski definition) is 4. The van der Waals surface area contributed by atoms with Crippen molar-refractivity contribution in [2.45, 2.75) is 57.8 Å². The van der Waals surface area contributed by atoms with Crippen molar-refractivity contribution in [2.24, 2.45) is 0 Å². The Balaban J connectivity index is 1.90. The molecule has 0 heterocycles. The van der Waals surface area contributed by atoms with Crippen molar-refractivity contribution in [1.29, 1.82) is 0 Å². The minimum atomic E-state index is -5.03. The molecule has 0 bridgehead atoms. The molecule has 1 aromatic carbocycles. The first kappa shape index (κ1) is 22.5. The van der Waals surface area contributed by atoms with Gasteiger partial charge in [0, 0.05) is 0 Å². The van der Waals surface area contributed by atoms with E-state index in [2.05, 4.69) is 33.1 Å². The summed E-state index contributed by atoms with van der Waals surface area (Å²) in [4.78, 5) is 26.0. The third-order valence-corrected chi connectivity index (χ3v) is 5.85. The lowest BCUT2D eigenvalue weighted by Gasteiger charge is -2.12. The van der Waals surface area contributed by atoms with E-state index in [1.54, 1.807) is 0 Å². The van der Waals surface area contributed by atoms with Crippen LogP contribution in [0.1, 0.15) is 56.9 Å². The van der Waals surface area contributed by atoms with Crippen LogP contribution in [0.3, 0.4) is 0 Å². The summed E-state index contributed by atoms with van der Waals surface area (Å²) in [7, 11) is -9.70. The summed E-state index contributed by atoms with van der Waals surface area (Å²) in [6.07, 6.45) is 9.37. The van der Waals surface area contributed by atoms with Gasteiger partial charge in [-0.15, -0.1) is 0 Å². The summed E-state index contributed by atoms with van der Waals surface area (Å²) in [5.74, 6) is 0. The number of benzene rings is 1. The van der Waals surface area contributed by atoms with Gasteiger partial charge in [-0.3, -0.25) is 4.52 Å². The first-order valence-corrected chi connectivity index (χ1v) is 11.6. The van der Waals surface area contributed by atoms with Crippen LogP contribution in [-0.2, 0) is 24.4 Å². The first-order chi connectivity index (χ1) is 11.8. The molecule has 0 saturated carbocycles. The van der Waals surface area contributed by atoms with E-state index in [-0.39, 0.29) is 6.61 Å². The fourth-order valence-corrected chi connectivity index (χ4v) is 4.10. The molecule has 3 N–H and O–H groups in total. The summed E-state index contributed by atoms with van der Waals surface area (Å²) in [5, 5.41) is 0. The second kappa shape index (κ2) is 12.0. The van der Waals surface area contributed by atoms with Gasteiger partial charge in [0.2, 0.25) is 0 Å². The maximum absolute atomic E-state index is 11.2. The Morgan fingerprint density at radius 3 is 1.84 bits per heavy atom. The standard InChI is InChI=1S/C16H28O7P2/c17-24(18,19)23-25(20,21)22-15-11-6-4-2-1-3-5-8-12-16-13-9-7-10-14-16/h7,9-10,13-14H,1-6,8,11-12,15H2,(H,20,21)(H2,17,18,19). The average molecular weight is 394 g/mol. The number of hydrogen-bond donors (Lipinski definition) is 3. The zero-order chi connectivity index (χ0) is 18.6. The highest BCUT2D eigenvalue weighted by atomic mass is 31.3. The van der Waals surface area contributed by atoms with E-state index in [0.717, 1.165) is 32.1 Å². The minimum Gasteiger partial charge on any atom is -0.302 e. The Morgan fingerprint density at radius 1 is 0.760 bits per heavy atom. The maximum Gasteiger partial charge on any atom is 0.481 e. The SMILES string of the molecule is O=P(O)(O)OP(=O)(O)OCCCCCCCCCCc1ccccc1. The predicted molar refractivity (Wildman–Crippen MR) is 96.0 cm³/mol. The average Bonchev–Trinajstić information content (AvgIpc) is 2.51. The molecule has 1 aromatic rings. The highest BCUT2D eigenvalue weighted by molar-refractivity contribution is 7.60. The molecule has 0 spiro atoms. The fraction of sp³-hybridized carbons (Fsp3) is 0.625. The van der Waals surface area contributed by atoms with E-state index in [1.165, 1.54) is 24.8 Å². The van der Waals surface area contributed by atoms with Crippen LogP contribution in [0.2, 0.25) is 0 Å². The molecule has 0 aliphatic carbocycles. The van der Waals surface area contributed by atoms with Crippen LogP contribution in [0.15, 0.2) is 30.3 Å². The Hall–Kier alpha value is -0.520. The van der Waals surface area contributed by atoms with Gasteiger partial charge in [0.1, 0.15) is 0 Å². The van der Waals surface area contributed by atoms with Gasteiger partial charge in [0.15, 0.2) is 0 Å². The van der Waals surface area contributed by atoms with Gasteiger partial charge in [-0.25, -0.2) is 9.13 Å². The number of unbranched alkanes of at least 4 members (excludes halogenated alkanes) is 7. The van der Waals surface area contributed by atoms with Crippen LogP contribution in [-0.4, -0.2) is 21.3 Å². The molecular weight excluding hydrogens is 366 g/mol. The Morgan fingerprint density at radius 2 is 1.28 bits per heavy atom. The summed E-state index contributed by atoms with van der Waals surface area (Å²) in [6, 6.07) is 10.5. The summed E-state index contributed by atoms with van der Waals surface area (Å²) in [6.45, 7) is -0.0646. The molecule has 0 saturated heterocycles. The summed E-state index contributed by atoms with van der Waals surface area (Å²) < 4.78 is 29.9. The van der Waals surface area contributed by atoms with Crippen molar-refractivity contribution in [1.82, 2.24) is 0 Å². The molecule has 0 fully saturated rings. The highest BCUT2D eigenvalue weighted by Crippen LogP contribution is 2.57. The van der Waals surface area contributed by atoms with Crippen LogP contribution >= 0.6 is 15.6 Å². The minimum absolute atomic E-state index is 0.0646. The third-order valence-electron chi connectivity index (χ3n) is 3.67. The van der Waals surface area contributed by atoms with Gasteiger partial charge in [0.25, 0.3) is 0 Å². The van der Waals surface area contributed by atoms with Gasteiger partial charge < -0.3 is 14.7 Å². The quantitative estimate of drug-likeness (QED) is 0.313. The fourth-order valence-electron chi connectivity index (χ4n) is 2.47. The molecule has 1 atom stereocenters. The van der Waals surface area contributed by atoms with E-state index in [0.29, 0.717) is 6.42 Å². The molecule has 7 nitrogen and oxygen atoms in total. The van der Waals surface area contributed by atoms with Crippen molar-refractivity contribution < 1.29 is 32.6 Å². The molecule has 0 aliphatic rings. The number of phosphoric ester groups is 1. The van der Waals surface area contributed by atoms with E-state index in [9.17, 15) is 9.13 Å². The largest absolute Gasteiger partial charge is 0.481 e. The molecule has 144 valence electrons. The van der Waals surface area contributed by atoms with Crippen LogP contribution in [0, 0.1) is 0 Å². The second-order valence-corrected chi connectivity index (χ2v) is 8.77. The molecule has 1 rings (SSSR count). The van der Waals surface area contributed by atoms with Gasteiger partial charge in [-0.1, -0.05) is 68.9 Å². The third kappa shape index (κ3) is 13.4. The lowest BCUT2D eigenvalue weighted by molar-refractivity contribution is 0.176. The Bertz CT molecular complexity index is 559. The molecule has 0 amide bonds. The number of rotatable bonds is 14. The van der Waals surface area contributed by atoms with E-state index < -0.39 is 15.6 Å². The second-order valence-electron chi connectivity index (χ2n) is 5.94. The van der Waals surface area contributed by atoms with Crippen molar-refractivity contribution >= 4 is 15.6 Å². The lowest BCUT2D eigenvalue weighted by Crippen LogP contribution is -1.96. The number of phosphoric acid groups is 2. The van der Waals surface area contributed by atoms with Crippen LogP contribution in [0.25, 0.3) is 0 Å². The zero-order valence-corrected chi connectivity index (χ0v) is 16.1. The lowest BCUT2D eigenvalue weighted by atomic mass is 10.0. The molecule has 0 aromatic heterocycles. The summed E-state index contributed by atoms with van der Waals surface area (Å²) in [5.41, 5.74) is 1.38. The molecule has 9 heteroatoms. The van der Waals surface area contributed by atoms with E-state index in [4.69, 9.17) is 14.7 Å².